The van der Waals surface area contributed by atoms with Crippen molar-refractivity contribution in [1.29, 1.82) is 0 Å². The first-order chi connectivity index (χ1) is 9.80. The lowest BCUT2D eigenvalue weighted by Crippen LogP contribution is -2.34. The summed E-state index contributed by atoms with van der Waals surface area (Å²) in [6.07, 6.45) is 4.79. The zero-order valence-electron chi connectivity index (χ0n) is 14.4. The van der Waals surface area contributed by atoms with Gasteiger partial charge < -0.3 is 5.32 Å². The number of benzene rings is 1. The largest absolute Gasteiger partial charge is 0.314 e. The van der Waals surface area contributed by atoms with Crippen LogP contribution in [0.4, 0.5) is 0 Å². The summed E-state index contributed by atoms with van der Waals surface area (Å²) in [5, 5.41) is 4.53. The molecule has 0 aliphatic carbocycles. The summed E-state index contributed by atoms with van der Waals surface area (Å²) in [7, 11) is 0. The minimum Gasteiger partial charge on any atom is -0.314 e. The molecule has 0 amide bonds. The van der Waals surface area contributed by atoms with E-state index in [1.165, 1.54) is 24.8 Å². The molecule has 0 bridgehead atoms. The highest BCUT2D eigenvalue weighted by molar-refractivity contribution is 6.30. The van der Waals surface area contributed by atoms with E-state index in [2.05, 4.69) is 52.1 Å². The first kappa shape index (κ1) is 18.5. The quantitative estimate of drug-likeness (QED) is 0.648. The van der Waals surface area contributed by atoms with E-state index in [1.807, 2.05) is 12.1 Å². The van der Waals surface area contributed by atoms with E-state index in [0.29, 0.717) is 11.5 Å². The second-order valence-electron chi connectivity index (χ2n) is 7.59. The maximum atomic E-state index is 5.97. The Hall–Kier alpha value is -0.530. The second-order valence-corrected chi connectivity index (χ2v) is 8.02. The number of hydrogen-bond acceptors (Lipinski definition) is 1. The molecule has 1 aromatic rings. The molecule has 2 atom stereocenters. The molecule has 0 heterocycles. The molecule has 21 heavy (non-hydrogen) atoms. The molecule has 0 aromatic heterocycles. The van der Waals surface area contributed by atoms with E-state index < -0.39 is 0 Å². The second kappa shape index (κ2) is 8.80. The summed E-state index contributed by atoms with van der Waals surface area (Å²) in [6, 6.07) is 8.84. The van der Waals surface area contributed by atoms with E-state index in [0.717, 1.165) is 23.9 Å². The zero-order chi connectivity index (χ0) is 15.9. The molecule has 2 heteroatoms. The van der Waals surface area contributed by atoms with E-state index in [9.17, 15) is 0 Å². The predicted octanol–water partition coefficient (Wildman–Crippen LogP) is 5.71. The lowest BCUT2D eigenvalue weighted by molar-refractivity contribution is 0.274. The van der Waals surface area contributed by atoms with Crippen LogP contribution >= 0.6 is 11.6 Å². The molecule has 1 nitrogen and oxygen atoms in total. The SMILES string of the molecule is CCCNC(Cc1ccc(Cl)cc1)CC(C)CC(C)(C)C. The van der Waals surface area contributed by atoms with Crippen molar-refractivity contribution in [3.05, 3.63) is 34.9 Å². The molecule has 0 saturated carbocycles. The van der Waals surface area contributed by atoms with E-state index in [1.54, 1.807) is 0 Å². The van der Waals surface area contributed by atoms with Gasteiger partial charge in [-0.1, -0.05) is 58.4 Å². The standard InChI is InChI=1S/C19H32ClN/c1-6-11-21-18(12-15(2)14-19(3,4)5)13-16-7-9-17(20)10-8-16/h7-10,15,18,21H,6,11-14H2,1-5H3. The van der Waals surface area contributed by atoms with Gasteiger partial charge in [-0.25, -0.2) is 0 Å². The molecule has 0 aliphatic rings. The van der Waals surface area contributed by atoms with Crippen LogP contribution in [0.5, 0.6) is 0 Å². The summed E-state index contributed by atoms with van der Waals surface area (Å²) in [4.78, 5) is 0. The van der Waals surface area contributed by atoms with Crippen molar-refractivity contribution < 1.29 is 0 Å². The molecule has 0 aliphatic heterocycles. The van der Waals surface area contributed by atoms with Gasteiger partial charge in [0.15, 0.2) is 0 Å². The highest BCUT2D eigenvalue weighted by Crippen LogP contribution is 2.27. The Kier molecular flexibility index (Phi) is 7.76. The van der Waals surface area contributed by atoms with Gasteiger partial charge >= 0.3 is 0 Å². The van der Waals surface area contributed by atoms with E-state index in [4.69, 9.17) is 11.6 Å². The Morgan fingerprint density at radius 1 is 1.14 bits per heavy atom. The van der Waals surface area contributed by atoms with Crippen LogP contribution in [0.2, 0.25) is 5.02 Å². The summed E-state index contributed by atoms with van der Waals surface area (Å²) < 4.78 is 0. The molecule has 0 fully saturated rings. The summed E-state index contributed by atoms with van der Waals surface area (Å²) in [5.41, 5.74) is 1.78. The van der Waals surface area contributed by atoms with Crippen molar-refractivity contribution >= 4 is 11.6 Å². The highest BCUT2D eigenvalue weighted by Gasteiger charge is 2.19. The number of nitrogens with one attached hydrogen (secondary N) is 1. The fourth-order valence-electron chi connectivity index (χ4n) is 3.11. The molecule has 1 aromatic carbocycles. The fraction of sp³-hybridized carbons (Fsp3) is 0.684. The van der Waals surface area contributed by atoms with Gasteiger partial charge in [0.2, 0.25) is 0 Å². The Bertz CT molecular complexity index is 391. The maximum Gasteiger partial charge on any atom is 0.0406 e. The first-order valence-corrected chi connectivity index (χ1v) is 8.66. The molecule has 0 radical (unpaired) electrons. The van der Waals surface area contributed by atoms with Crippen molar-refractivity contribution in [3.63, 3.8) is 0 Å². The molecule has 1 N–H and O–H groups in total. The van der Waals surface area contributed by atoms with Crippen LogP contribution in [0.15, 0.2) is 24.3 Å². The van der Waals surface area contributed by atoms with Crippen LogP contribution in [0.3, 0.4) is 0 Å². The number of halogens is 1. The van der Waals surface area contributed by atoms with Gasteiger partial charge in [0.1, 0.15) is 0 Å². The van der Waals surface area contributed by atoms with Crippen LogP contribution in [0, 0.1) is 11.3 Å². The topological polar surface area (TPSA) is 12.0 Å². The van der Waals surface area contributed by atoms with Gasteiger partial charge in [-0.15, -0.1) is 0 Å². The van der Waals surface area contributed by atoms with Crippen molar-refractivity contribution in [2.24, 2.45) is 11.3 Å². The van der Waals surface area contributed by atoms with Crippen molar-refractivity contribution in [2.45, 2.75) is 66.3 Å². The Morgan fingerprint density at radius 2 is 1.76 bits per heavy atom. The Morgan fingerprint density at radius 3 is 2.29 bits per heavy atom. The van der Waals surface area contributed by atoms with Gasteiger partial charge in [-0.3, -0.25) is 0 Å². The number of hydrogen-bond donors (Lipinski definition) is 1. The third-order valence-electron chi connectivity index (χ3n) is 3.73. The van der Waals surface area contributed by atoms with Crippen molar-refractivity contribution in [3.8, 4) is 0 Å². The molecule has 120 valence electrons. The molecular weight excluding hydrogens is 278 g/mol. The lowest BCUT2D eigenvalue weighted by atomic mass is 9.82. The maximum absolute atomic E-state index is 5.97. The zero-order valence-corrected chi connectivity index (χ0v) is 15.1. The van der Waals surface area contributed by atoms with Crippen LogP contribution in [0.25, 0.3) is 0 Å². The average Bonchev–Trinajstić information content (AvgIpc) is 2.36. The number of rotatable bonds is 8. The van der Waals surface area contributed by atoms with Gasteiger partial charge in [0.25, 0.3) is 0 Å². The van der Waals surface area contributed by atoms with Crippen molar-refractivity contribution in [1.82, 2.24) is 5.32 Å². The van der Waals surface area contributed by atoms with Crippen LogP contribution in [0.1, 0.15) is 59.4 Å². The molecule has 2 unspecified atom stereocenters. The van der Waals surface area contributed by atoms with Crippen molar-refractivity contribution in [2.75, 3.05) is 6.54 Å². The van der Waals surface area contributed by atoms with Gasteiger partial charge in [-0.2, -0.15) is 0 Å². The monoisotopic (exact) mass is 309 g/mol. The highest BCUT2D eigenvalue weighted by atomic mass is 35.5. The smallest absolute Gasteiger partial charge is 0.0406 e. The van der Waals surface area contributed by atoms with Crippen LogP contribution in [-0.4, -0.2) is 12.6 Å². The summed E-state index contributed by atoms with van der Waals surface area (Å²) in [5.74, 6) is 0.742. The fourth-order valence-corrected chi connectivity index (χ4v) is 3.23. The lowest BCUT2D eigenvalue weighted by Gasteiger charge is -2.27. The molecular formula is C19H32ClN. The summed E-state index contributed by atoms with van der Waals surface area (Å²) in [6.45, 7) is 12.7. The third-order valence-corrected chi connectivity index (χ3v) is 3.98. The third kappa shape index (κ3) is 8.48. The minimum atomic E-state index is 0.412. The molecule has 0 saturated heterocycles. The molecule has 0 spiro atoms. The summed E-state index contributed by atoms with van der Waals surface area (Å²) >= 11 is 5.97. The first-order valence-electron chi connectivity index (χ1n) is 8.28. The van der Waals surface area contributed by atoms with E-state index in [-0.39, 0.29) is 0 Å². The van der Waals surface area contributed by atoms with Crippen LogP contribution in [-0.2, 0) is 6.42 Å². The normalized spacial score (nSPS) is 15.0. The Labute approximate surface area is 136 Å². The Balaban J connectivity index is 2.60. The predicted molar refractivity (Wildman–Crippen MR) is 95.1 cm³/mol. The van der Waals surface area contributed by atoms with Crippen LogP contribution < -0.4 is 5.32 Å². The van der Waals surface area contributed by atoms with E-state index >= 15 is 0 Å². The van der Waals surface area contributed by atoms with Gasteiger partial charge in [-0.05, 0) is 61.3 Å². The minimum absolute atomic E-state index is 0.412. The van der Waals surface area contributed by atoms with Gasteiger partial charge in [0.05, 0.1) is 0 Å². The average molecular weight is 310 g/mol. The molecule has 1 rings (SSSR count). The van der Waals surface area contributed by atoms with Gasteiger partial charge in [0, 0.05) is 11.1 Å².